The predicted octanol–water partition coefficient (Wildman–Crippen LogP) is 3.41. The SMILES string of the molecule is CCCC(=O)OCc1nc(N(C)[C@H]2C[C@H]3CCC[C@@H](C2)N3S(=O)(=O)CC)nc(Nc2cc(C)[nH]n2)c1F. The number of rotatable bonds is 10. The van der Waals surface area contributed by atoms with Gasteiger partial charge in [0, 0.05) is 43.4 Å². The van der Waals surface area contributed by atoms with Gasteiger partial charge in [0.15, 0.2) is 17.5 Å². The number of esters is 1. The van der Waals surface area contributed by atoms with Crippen molar-refractivity contribution in [2.45, 2.75) is 90.4 Å². The molecule has 0 aliphatic carbocycles. The number of sulfonamides is 1. The van der Waals surface area contributed by atoms with Crippen molar-refractivity contribution in [2.75, 3.05) is 23.0 Å². The van der Waals surface area contributed by atoms with Crippen LogP contribution in [0.15, 0.2) is 6.07 Å². The lowest BCUT2D eigenvalue weighted by atomic mass is 9.83. The molecular formula is C24H36FN7O4S. The fourth-order valence-corrected chi connectivity index (χ4v) is 6.83. The molecule has 2 aliphatic rings. The van der Waals surface area contributed by atoms with E-state index in [2.05, 4.69) is 25.5 Å². The molecule has 3 atom stereocenters. The molecule has 37 heavy (non-hydrogen) atoms. The number of aryl methyl sites for hydroxylation is 1. The first-order valence-electron chi connectivity index (χ1n) is 12.9. The Morgan fingerprint density at radius 1 is 1.27 bits per heavy atom. The molecule has 0 spiro atoms. The molecule has 0 aromatic carbocycles. The lowest BCUT2D eigenvalue weighted by Crippen LogP contribution is -2.58. The molecule has 2 aromatic rings. The minimum atomic E-state index is -3.30. The van der Waals surface area contributed by atoms with Gasteiger partial charge in [-0.25, -0.2) is 17.8 Å². The molecule has 2 bridgehead atoms. The van der Waals surface area contributed by atoms with E-state index in [0.717, 1.165) is 25.0 Å². The Morgan fingerprint density at radius 2 is 1.97 bits per heavy atom. The number of ether oxygens (including phenoxy) is 1. The molecule has 2 saturated heterocycles. The Labute approximate surface area is 217 Å². The Bertz CT molecular complexity index is 1210. The first kappa shape index (κ1) is 27.2. The zero-order chi connectivity index (χ0) is 26.7. The normalized spacial score (nSPS) is 22.0. The van der Waals surface area contributed by atoms with Crippen LogP contribution in [0.1, 0.15) is 70.2 Å². The Morgan fingerprint density at radius 3 is 2.57 bits per heavy atom. The van der Waals surface area contributed by atoms with Gasteiger partial charge in [0.25, 0.3) is 0 Å². The van der Waals surface area contributed by atoms with Crippen molar-refractivity contribution in [3.8, 4) is 0 Å². The molecule has 0 amide bonds. The largest absolute Gasteiger partial charge is 0.459 e. The van der Waals surface area contributed by atoms with E-state index in [1.165, 1.54) is 0 Å². The van der Waals surface area contributed by atoms with Crippen molar-refractivity contribution in [1.29, 1.82) is 0 Å². The number of aromatic nitrogens is 4. The fourth-order valence-electron chi connectivity index (χ4n) is 5.24. The van der Waals surface area contributed by atoms with Crippen molar-refractivity contribution in [3.05, 3.63) is 23.3 Å². The topological polar surface area (TPSA) is 133 Å². The maximum Gasteiger partial charge on any atom is 0.306 e. The van der Waals surface area contributed by atoms with Gasteiger partial charge in [0.1, 0.15) is 12.3 Å². The van der Waals surface area contributed by atoms with Crippen LogP contribution < -0.4 is 10.2 Å². The highest BCUT2D eigenvalue weighted by atomic mass is 32.2. The standard InChI is InChI=1S/C24H36FN7O4S/c1-5-8-21(33)36-14-19-22(25)23(27-20-11-15(3)29-30-20)28-24(26-19)31(4)18-12-16-9-7-10-17(13-18)32(16)37(34,35)6-2/h11,16-18H,5-10,12-14H2,1-4H3,(H2,26,27,28,29,30)/t16-,17+,18+. The number of hydrogen-bond acceptors (Lipinski definition) is 9. The summed E-state index contributed by atoms with van der Waals surface area (Å²) in [7, 11) is -1.46. The van der Waals surface area contributed by atoms with E-state index in [1.54, 1.807) is 17.3 Å². The summed E-state index contributed by atoms with van der Waals surface area (Å²) in [6, 6.07) is 1.53. The third-order valence-corrected chi connectivity index (χ3v) is 9.08. The fraction of sp³-hybridized carbons (Fsp3) is 0.667. The highest BCUT2D eigenvalue weighted by Gasteiger charge is 2.45. The molecule has 0 unspecified atom stereocenters. The molecule has 11 nitrogen and oxygen atoms in total. The predicted molar refractivity (Wildman–Crippen MR) is 137 cm³/mol. The van der Waals surface area contributed by atoms with E-state index in [-0.39, 0.29) is 54.4 Å². The average Bonchev–Trinajstić information content (AvgIpc) is 3.27. The second kappa shape index (κ2) is 11.3. The monoisotopic (exact) mass is 537 g/mol. The van der Waals surface area contributed by atoms with Crippen LogP contribution in [0.3, 0.4) is 0 Å². The van der Waals surface area contributed by atoms with E-state index in [0.29, 0.717) is 25.1 Å². The number of hydrogen-bond donors (Lipinski definition) is 2. The van der Waals surface area contributed by atoms with Crippen LogP contribution in [-0.4, -0.2) is 69.8 Å². The van der Waals surface area contributed by atoms with Gasteiger partial charge >= 0.3 is 5.97 Å². The summed E-state index contributed by atoms with van der Waals surface area (Å²) in [6.07, 6.45) is 4.75. The maximum atomic E-state index is 15.4. The molecule has 0 radical (unpaired) electrons. The summed E-state index contributed by atoms with van der Waals surface area (Å²) in [4.78, 5) is 22.7. The van der Waals surface area contributed by atoms with Gasteiger partial charge in [0.05, 0.1) is 5.75 Å². The first-order chi connectivity index (χ1) is 17.6. The van der Waals surface area contributed by atoms with Gasteiger partial charge in [-0.1, -0.05) is 13.3 Å². The summed E-state index contributed by atoms with van der Waals surface area (Å²) < 4.78 is 47.9. The number of anilines is 3. The van der Waals surface area contributed by atoms with Crippen LogP contribution in [0.5, 0.6) is 0 Å². The number of nitrogens with one attached hydrogen (secondary N) is 2. The van der Waals surface area contributed by atoms with Gasteiger partial charge < -0.3 is 15.0 Å². The van der Waals surface area contributed by atoms with E-state index in [1.807, 2.05) is 25.8 Å². The van der Waals surface area contributed by atoms with Crippen molar-refractivity contribution in [3.63, 3.8) is 0 Å². The number of carbonyl (C=O) groups is 1. The molecule has 204 valence electrons. The number of H-pyrrole nitrogens is 1. The van der Waals surface area contributed by atoms with Gasteiger partial charge in [-0.2, -0.15) is 14.4 Å². The average molecular weight is 538 g/mol. The lowest BCUT2D eigenvalue weighted by molar-refractivity contribution is -0.145. The second-order valence-electron chi connectivity index (χ2n) is 9.81. The Kier molecular flexibility index (Phi) is 8.32. The zero-order valence-corrected chi connectivity index (χ0v) is 22.6. The number of fused-ring (bicyclic) bond motifs is 2. The van der Waals surface area contributed by atoms with E-state index in [9.17, 15) is 13.2 Å². The quantitative estimate of drug-likeness (QED) is 0.437. The minimum absolute atomic E-state index is 0.0277. The molecule has 4 heterocycles. The number of carbonyl (C=O) groups excluding carboxylic acids is 1. The van der Waals surface area contributed by atoms with E-state index < -0.39 is 21.8 Å². The van der Waals surface area contributed by atoms with Crippen LogP contribution in [-0.2, 0) is 26.2 Å². The van der Waals surface area contributed by atoms with E-state index >= 15 is 4.39 Å². The highest BCUT2D eigenvalue weighted by molar-refractivity contribution is 7.89. The first-order valence-corrected chi connectivity index (χ1v) is 14.5. The molecule has 2 fully saturated rings. The zero-order valence-electron chi connectivity index (χ0n) is 21.8. The molecule has 0 saturated carbocycles. The third kappa shape index (κ3) is 6.03. The molecule has 4 rings (SSSR count). The molecular weight excluding hydrogens is 501 g/mol. The minimum Gasteiger partial charge on any atom is -0.459 e. The van der Waals surface area contributed by atoms with Crippen molar-refractivity contribution < 1.29 is 22.3 Å². The summed E-state index contributed by atoms with van der Waals surface area (Å²) in [6.45, 7) is 5.05. The molecule has 2 aliphatic heterocycles. The summed E-state index contributed by atoms with van der Waals surface area (Å²) in [5, 5.41) is 9.79. The van der Waals surface area contributed by atoms with Crippen LogP contribution in [0.2, 0.25) is 0 Å². The maximum absolute atomic E-state index is 15.4. The molecule has 2 N–H and O–H groups in total. The van der Waals surface area contributed by atoms with Gasteiger partial charge in [-0.15, -0.1) is 0 Å². The van der Waals surface area contributed by atoms with E-state index in [4.69, 9.17) is 4.74 Å². The number of aromatic amines is 1. The molecule has 2 aromatic heterocycles. The van der Waals surface area contributed by atoms with Crippen LogP contribution in [0.4, 0.5) is 22.0 Å². The second-order valence-corrected chi connectivity index (χ2v) is 12.0. The summed E-state index contributed by atoms with van der Waals surface area (Å²) in [5.74, 6) is -0.467. The summed E-state index contributed by atoms with van der Waals surface area (Å²) >= 11 is 0. The third-order valence-electron chi connectivity index (χ3n) is 7.12. The highest BCUT2D eigenvalue weighted by Crippen LogP contribution is 2.38. The smallest absolute Gasteiger partial charge is 0.306 e. The van der Waals surface area contributed by atoms with Gasteiger partial charge in [0.2, 0.25) is 16.0 Å². The van der Waals surface area contributed by atoms with Crippen molar-refractivity contribution in [1.82, 2.24) is 24.5 Å². The molecule has 13 heteroatoms. The van der Waals surface area contributed by atoms with Crippen molar-refractivity contribution >= 4 is 33.6 Å². The summed E-state index contributed by atoms with van der Waals surface area (Å²) in [5.41, 5.74) is 0.755. The van der Waals surface area contributed by atoms with Gasteiger partial charge in [-0.05, 0) is 46.0 Å². The Balaban J connectivity index is 1.62. The van der Waals surface area contributed by atoms with Gasteiger partial charge in [-0.3, -0.25) is 9.89 Å². The lowest BCUT2D eigenvalue weighted by Gasteiger charge is -2.49. The van der Waals surface area contributed by atoms with Crippen LogP contribution in [0, 0.1) is 12.7 Å². The number of halogens is 1. The van der Waals surface area contributed by atoms with Crippen LogP contribution in [0.25, 0.3) is 0 Å². The van der Waals surface area contributed by atoms with Crippen molar-refractivity contribution in [2.24, 2.45) is 0 Å². The number of nitrogens with zero attached hydrogens (tertiary/aromatic N) is 5. The van der Waals surface area contributed by atoms with Crippen LogP contribution >= 0.6 is 0 Å². The number of piperidine rings is 2. The Hall–Kier alpha value is -2.80.